The van der Waals surface area contributed by atoms with E-state index in [1.807, 2.05) is 24.3 Å². The van der Waals surface area contributed by atoms with Gasteiger partial charge in [-0.2, -0.15) is 0 Å². The van der Waals surface area contributed by atoms with Crippen molar-refractivity contribution in [3.8, 4) is 0 Å². The molecule has 1 saturated heterocycles. The second-order valence-corrected chi connectivity index (χ2v) is 15.1. The minimum absolute atomic E-state index is 0.0114. The highest BCUT2D eigenvalue weighted by Gasteiger charge is 2.68. The van der Waals surface area contributed by atoms with Crippen molar-refractivity contribution in [2.45, 2.75) is 129 Å². The number of amides is 3. The van der Waals surface area contributed by atoms with Crippen LogP contribution in [0.4, 0.5) is 0 Å². The first-order valence-corrected chi connectivity index (χ1v) is 17.2. The van der Waals surface area contributed by atoms with E-state index in [1.54, 1.807) is 0 Å². The summed E-state index contributed by atoms with van der Waals surface area (Å²) in [6, 6.07) is 6.63. The van der Waals surface area contributed by atoms with E-state index < -0.39 is 13.2 Å². The molecular weight excluding hydrogens is 553 g/mol. The summed E-state index contributed by atoms with van der Waals surface area (Å²) in [5, 5.41) is 9.09. The van der Waals surface area contributed by atoms with Gasteiger partial charge in [0.05, 0.1) is 17.6 Å². The molecule has 8 nitrogen and oxygen atoms in total. The van der Waals surface area contributed by atoms with Gasteiger partial charge in [-0.15, -0.1) is 0 Å². The molecule has 1 aliphatic heterocycles. The maximum Gasteiger partial charge on any atom is 0.481 e. The van der Waals surface area contributed by atoms with Gasteiger partial charge in [0.25, 0.3) is 5.91 Å². The fraction of sp³-hybridized carbons (Fsp3) is 0.743. The lowest BCUT2D eigenvalue weighted by molar-refractivity contribution is -0.199. The van der Waals surface area contributed by atoms with Crippen LogP contribution >= 0.6 is 0 Å². The molecule has 242 valence electrons. The molecule has 5 fully saturated rings. The summed E-state index contributed by atoms with van der Waals surface area (Å²) in [6.07, 6.45) is 9.82. The van der Waals surface area contributed by atoms with Crippen molar-refractivity contribution in [2.75, 3.05) is 6.54 Å². The average molecular weight is 608 g/mol. The van der Waals surface area contributed by atoms with Crippen molar-refractivity contribution in [2.24, 2.45) is 29.1 Å². The van der Waals surface area contributed by atoms with Crippen LogP contribution in [0.15, 0.2) is 24.3 Å². The SMILES string of the molecule is CCCCc1ccc(C(=O)N[C@@H](CNC(=O)C2CCCC2)C(=O)N[C@@H](CC(C)C)B2O[C@@H]3C[C@@H]4C[C@@H](C4(C)C)[C@]3(C)O2)cc1. The normalized spacial score (nSPS) is 28.6. The zero-order valence-electron chi connectivity index (χ0n) is 27.7. The highest BCUT2D eigenvalue weighted by atomic mass is 16.7. The quantitative estimate of drug-likeness (QED) is 0.266. The fourth-order valence-electron chi connectivity index (χ4n) is 8.29. The molecule has 6 rings (SSSR count). The van der Waals surface area contributed by atoms with Gasteiger partial charge in [-0.1, -0.05) is 66.0 Å². The maximum atomic E-state index is 13.9. The molecule has 3 N–H and O–H groups in total. The second kappa shape index (κ2) is 13.5. The van der Waals surface area contributed by atoms with Crippen molar-refractivity contribution in [3.63, 3.8) is 0 Å². The third kappa shape index (κ3) is 6.89. The Balaban J connectivity index is 1.29. The van der Waals surface area contributed by atoms with Crippen LogP contribution in [0.5, 0.6) is 0 Å². The minimum Gasteiger partial charge on any atom is -0.404 e. The Morgan fingerprint density at radius 1 is 1.02 bits per heavy atom. The molecule has 3 amide bonds. The summed E-state index contributed by atoms with van der Waals surface area (Å²) in [5.74, 6) is 0.208. The third-order valence-electron chi connectivity index (χ3n) is 11.2. The van der Waals surface area contributed by atoms with Gasteiger partial charge in [0, 0.05) is 18.0 Å². The number of unbranched alkanes of at least 4 members (excludes halogenated alkanes) is 1. The number of hydrogen-bond donors (Lipinski definition) is 3. The maximum absolute atomic E-state index is 13.9. The molecule has 6 atom stereocenters. The first-order chi connectivity index (χ1) is 20.9. The Morgan fingerprint density at radius 2 is 1.73 bits per heavy atom. The predicted molar refractivity (Wildman–Crippen MR) is 173 cm³/mol. The van der Waals surface area contributed by atoms with Gasteiger partial charge in [0.1, 0.15) is 6.04 Å². The molecule has 0 spiro atoms. The number of aryl methyl sites for hydroxylation is 1. The first kappa shape index (κ1) is 33.0. The van der Waals surface area contributed by atoms with Crippen molar-refractivity contribution in [1.82, 2.24) is 16.0 Å². The minimum atomic E-state index is -0.937. The number of carbonyl (C=O) groups is 3. The summed E-state index contributed by atoms with van der Waals surface area (Å²) in [4.78, 5) is 40.2. The van der Waals surface area contributed by atoms with Crippen LogP contribution < -0.4 is 16.0 Å². The van der Waals surface area contributed by atoms with E-state index in [2.05, 4.69) is 57.5 Å². The lowest BCUT2D eigenvalue weighted by Gasteiger charge is -2.64. The Morgan fingerprint density at radius 3 is 2.36 bits per heavy atom. The molecular formula is C35H54BN3O5. The second-order valence-electron chi connectivity index (χ2n) is 15.1. The third-order valence-corrected chi connectivity index (χ3v) is 11.2. The number of rotatable bonds is 13. The van der Waals surface area contributed by atoms with Crippen molar-refractivity contribution in [1.29, 1.82) is 0 Å². The zero-order valence-corrected chi connectivity index (χ0v) is 27.7. The molecule has 9 heteroatoms. The predicted octanol–water partition coefficient (Wildman–Crippen LogP) is 5.23. The average Bonchev–Trinajstić information content (AvgIpc) is 3.65. The topological polar surface area (TPSA) is 106 Å². The molecule has 4 saturated carbocycles. The molecule has 44 heavy (non-hydrogen) atoms. The van der Waals surface area contributed by atoms with Crippen LogP contribution in [-0.2, 0) is 25.3 Å². The van der Waals surface area contributed by atoms with Crippen LogP contribution in [0.3, 0.4) is 0 Å². The van der Waals surface area contributed by atoms with Gasteiger partial charge in [-0.25, -0.2) is 0 Å². The Bertz CT molecular complexity index is 1180. The monoisotopic (exact) mass is 607 g/mol. The number of benzene rings is 1. The number of carbonyl (C=O) groups excluding carboxylic acids is 3. The number of hydrogen-bond acceptors (Lipinski definition) is 5. The van der Waals surface area contributed by atoms with Gasteiger partial charge < -0.3 is 25.3 Å². The van der Waals surface area contributed by atoms with E-state index in [0.717, 1.165) is 57.8 Å². The van der Waals surface area contributed by atoms with E-state index in [0.29, 0.717) is 23.8 Å². The molecule has 5 aliphatic rings. The smallest absolute Gasteiger partial charge is 0.404 e. The van der Waals surface area contributed by atoms with Gasteiger partial charge in [0.15, 0.2) is 0 Å². The fourth-order valence-corrected chi connectivity index (χ4v) is 8.29. The summed E-state index contributed by atoms with van der Waals surface area (Å²) in [6.45, 7) is 13.3. The molecule has 2 bridgehead atoms. The Hall–Kier alpha value is -2.39. The zero-order chi connectivity index (χ0) is 31.6. The van der Waals surface area contributed by atoms with Crippen molar-refractivity contribution in [3.05, 3.63) is 35.4 Å². The number of nitrogens with one attached hydrogen (secondary N) is 3. The van der Waals surface area contributed by atoms with E-state index in [9.17, 15) is 14.4 Å². The van der Waals surface area contributed by atoms with E-state index in [4.69, 9.17) is 9.31 Å². The lowest BCUT2D eigenvalue weighted by Crippen LogP contribution is -2.65. The van der Waals surface area contributed by atoms with E-state index in [-0.39, 0.29) is 59.2 Å². The molecule has 0 aromatic heterocycles. The van der Waals surface area contributed by atoms with Gasteiger partial charge in [-0.3, -0.25) is 14.4 Å². The van der Waals surface area contributed by atoms with Crippen molar-refractivity contribution < 1.29 is 23.7 Å². The van der Waals surface area contributed by atoms with Crippen LogP contribution in [0.2, 0.25) is 0 Å². The van der Waals surface area contributed by atoms with E-state index in [1.165, 1.54) is 5.56 Å². The lowest BCUT2D eigenvalue weighted by atomic mass is 9.43. The van der Waals surface area contributed by atoms with E-state index >= 15 is 0 Å². The van der Waals surface area contributed by atoms with Crippen LogP contribution in [0.1, 0.15) is 115 Å². The van der Waals surface area contributed by atoms with Gasteiger partial charge >= 0.3 is 7.12 Å². The van der Waals surface area contributed by atoms with Crippen LogP contribution in [0.25, 0.3) is 0 Å². The Labute approximate surface area is 264 Å². The molecule has 4 aliphatic carbocycles. The van der Waals surface area contributed by atoms with Crippen LogP contribution in [-0.4, -0.2) is 55.1 Å². The first-order valence-electron chi connectivity index (χ1n) is 17.2. The molecule has 1 aromatic carbocycles. The molecule has 0 unspecified atom stereocenters. The van der Waals surface area contributed by atoms with Crippen molar-refractivity contribution >= 4 is 24.8 Å². The summed E-state index contributed by atoms with van der Waals surface area (Å²) in [7, 11) is -0.563. The summed E-state index contributed by atoms with van der Waals surface area (Å²) >= 11 is 0. The van der Waals surface area contributed by atoms with Gasteiger partial charge in [0.2, 0.25) is 11.8 Å². The summed E-state index contributed by atoms with van der Waals surface area (Å²) < 4.78 is 13.3. The Kier molecular flexibility index (Phi) is 10.2. The molecule has 0 radical (unpaired) electrons. The van der Waals surface area contributed by atoms with Crippen LogP contribution in [0, 0.1) is 29.1 Å². The summed E-state index contributed by atoms with van der Waals surface area (Å²) in [5.41, 5.74) is 1.52. The standard InChI is InChI=1S/C35H54BN3O5/c1-7-8-11-23-14-16-25(17-15-23)32(41)38-27(21-37-31(40)24-12-9-10-13-24)33(42)39-30(18-22(2)3)36-43-29-20-26-19-28(34(26,4)5)35(29,6)44-36/h14-17,22,24,26-30H,7-13,18-21H2,1-6H3,(H,37,40)(H,38,41)(H,39,42)/t26-,27-,28-,29+,30-,35-/m0/s1. The van der Waals surface area contributed by atoms with Gasteiger partial charge in [-0.05, 0) is 92.7 Å². The highest BCUT2D eigenvalue weighted by Crippen LogP contribution is 2.65. The highest BCUT2D eigenvalue weighted by molar-refractivity contribution is 6.48. The molecule has 1 aromatic rings. The largest absolute Gasteiger partial charge is 0.481 e. The molecule has 1 heterocycles.